The number of ether oxygens (including phenoxy) is 2. The molecule has 1 heterocycles. The number of benzene rings is 2. The molecule has 2 aromatic carbocycles. The Bertz CT molecular complexity index is 892. The number of piperidine rings is 1. The fraction of sp³-hybridized carbons (Fsp3) is 0.391. The minimum atomic E-state index is -0.226. The molecule has 7 heteroatoms. The van der Waals surface area contributed by atoms with Crippen LogP contribution in [0.15, 0.2) is 42.5 Å². The standard InChI is InChI=1S/C23H29N3O4/c1-16-9-11-26(12-10-16)23(28)17-5-4-6-18(13-17)25-22(27)15-24-20-14-19(29-2)7-8-21(20)30-3/h4-8,13-14,16,24H,9-12,15H2,1-3H3,(H,25,27). The van der Waals surface area contributed by atoms with Gasteiger partial charge >= 0.3 is 0 Å². The van der Waals surface area contributed by atoms with E-state index in [1.807, 2.05) is 4.90 Å². The molecule has 0 aromatic heterocycles. The molecule has 2 N–H and O–H groups in total. The maximum Gasteiger partial charge on any atom is 0.253 e. The third-order valence-corrected chi connectivity index (χ3v) is 5.31. The molecule has 1 fully saturated rings. The number of nitrogens with zero attached hydrogens (tertiary/aromatic N) is 1. The number of likely N-dealkylation sites (tertiary alicyclic amines) is 1. The Kier molecular flexibility index (Phi) is 7.17. The number of anilines is 2. The van der Waals surface area contributed by atoms with Crippen molar-refractivity contribution in [1.82, 2.24) is 4.90 Å². The fourth-order valence-electron chi connectivity index (χ4n) is 3.46. The summed E-state index contributed by atoms with van der Waals surface area (Å²) in [6, 6.07) is 12.4. The number of amides is 2. The van der Waals surface area contributed by atoms with Gasteiger partial charge in [-0.2, -0.15) is 0 Å². The third kappa shape index (κ3) is 5.43. The van der Waals surface area contributed by atoms with E-state index in [0.29, 0.717) is 34.4 Å². The van der Waals surface area contributed by atoms with Crippen molar-refractivity contribution in [2.75, 3.05) is 44.5 Å². The van der Waals surface area contributed by atoms with Gasteiger partial charge in [0, 0.05) is 30.4 Å². The summed E-state index contributed by atoms with van der Waals surface area (Å²) in [5, 5.41) is 5.90. The molecule has 0 aliphatic carbocycles. The van der Waals surface area contributed by atoms with Gasteiger partial charge in [0.05, 0.1) is 26.5 Å². The highest BCUT2D eigenvalue weighted by Gasteiger charge is 2.21. The molecular formula is C23H29N3O4. The van der Waals surface area contributed by atoms with Gasteiger partial charge in [-0.05, 0) is 49.1 Å². The average Bonchev–Trinajstić information content (AvgIpc) is 2.77. The molecule has 0 atom stereocenters. The summed E-state index contributed by atoms with van der Waals surface area (Å²) in [6.45, 7) is 3.82. The summed E-state index contributed by atoms with van der Waals surface area (Å²) in [7, 11) is 3.15. The second-order valence-electron chi connectivity index (χ2n) is 7.52. The number of hydrogen-bond donors (Lipinski definition) is 2. The molecule has 0 radical (unpaired) electrons. The van der Waals surface area contributed by atoms with Gasteiger partial charge in [0.1, 0.15) is 11.5 Å². The highest BCUT2D eigenvalue weighted by atomic mass is 16.5. The number of carbonyl (C=O) groups is 2. The predicted molar refractivity (Wildman–Crippen MR) is 117 cm³/mol. The van der Waals surface area contributed by atoms with Crippen LogP contribution in [-0.4, -0.2) is 50.6 Å². The molecule has 2 aromatic rings. The second-order valence-corrected chi connectivity index (χ2v) is 7.52. The average molecular weight is 412 g/mol. The van der Waals surface area contributed by atoms with Crippen LogP contribution in [0.4, 0.5) is 11.4 Å². The van der Waals surface area contributed by atoms with E-state index in [1.54, 1.807) is 56.7 Å². The molecule has 1 aliphatic rings. The highest BCUT2D eigenvalue weighted by Crippen LogP contribution is 2.28. The Morgan fingerprint density at radius 2 is 1.83 bits per heavy atom. The minimum absolute atomic E-state index is 0.0113. The first-order valence-electron chi connectivity index (χ1n) is 10.1. The van der Waals surface area contributed by atoms with Gasteiger partial charge in [-0.3, -0.25) is 9.59 Å². The smallest absolute Gasteiger partial charge is 0.253 e. The third-order valence-electron chi connectivity index (χ3n) is 5.31. The SMILES string of the molecule is COc1ccc(OC)c(NCC(=O)Nc2cccc(C(=O)N3CCC(C)CC3)c2)c1. The second kappa shape index (κ2) is 10.0. The Morgan fingerprint density at radius 3 is 2.53 bits per heavy atom. The monoisotopic (exact) mass is 411 g/mol. The van der Waals surface area contributed by atoms with Crippen molar-refractivity contribution in [3.05, 3.63) is 48.0 Å². The highest BCUT2D eigenvalue weighted by molar-refractivity contribution is 5.98. The quantitative estimate of drug-likeness (QED) is 0.727. The molecule has 1 aliphatic heterocycles. The number of methoxy groups -OCH3 is 2. The Labute approximate surface area is 177 Å². The summed E-state index contributed by atoms with van der Waals surface area (Å²) >= 11 is 0. The van der Waals surface area contributed by atoms with Gasteiger partial charge in [0.15, 0.2) is 0 Å². The zero-order valence-electron chi connectivity index (χ0n) is 17.7. The van der Waals surface area contributed by atoms with Crippen molar-refractivity contribution >= 4 is 23.2 Å². The van der Waals surface area contributed by atoms with Gasteiger partial charge in [-0.15, -0.1) is 0 Å². The lowest BCUT2D eigenvalue weighted by atomic mass is 9.98. The van der Waals surface area contributed by atoms with Crippen LogP contribution in [0.25, 0.3) is 0 Å². The van der Waals surface area contributed by atoms with Crippen molar-refractivity contribution in [2.24, 2.45) is 5.92 Å². The lowest BCUT2D eigenvalue weighted by Crippen LogP contribution is -2.37. The van der Waals surface area contributed by atoms with E-state index in [9.17, 15) is 9.59 Å². The van der Waals surface area contributed by atoms with E-state index in [4.69, 9.17) is 9.47 Å². The van der Waals surface area contributed by atoms with Crippen LogP contribution in [0.2, 0.25) is 0 Å². The van der Waals surface area contributed by atoms with Gasteiger partial charge in [0.2, 0.25) is 5.91 Å². The van der Waals surface area contributed by atoms with Gasteiger partial charge in [0.25, 0.3) is 5.91 Å². The normalized spacial score (nSPS) is 14.2. The zero-order valence-corrected chi connectivity index (χ0v) is 17.7. The molecule has 3 rings (SSSR count). The number of carbonyl (C=O) groups excluding carboxylic acids is 2. The van der Waals surface area contributed by atoms with E-state index in [0.717, 1.165) is 25.9 Å². The van der Waals surface area contributed by atoms with Crippen molar-refractivity contribution in [3.8, 4) is 11.5 Å². The van der Waals surface area contributed by atoms with E-state index in [1.165, 1.54) is 0 Å². The van der Waals surface area contributed by atoms with Crippen molar-refractivity contribution in [2.45, 2.75) is 19.8 Å². The topological polar surface area (TPSA) is 79.9 Å². The van der Waals surface area contributed by atoms with Gasteiger partial charge in [-0.25, -0.2) is 0 Å². The van der Waals surface area contributed by atoms with Crippen molar-refractivity contribution in [3.63, 3.8) is 0 Å². The van der Waals surface area contributed by atoms with Crippen LogP contribution in [0.3, 0.4) is 0 Å². The van der Waals surface area contributed by atoms with Gasteiger partial charge in [-0.1, -0.05) is 13.0 Å². The van der Waals surface area contributed by atoms with Crippen LogP contribution in [0, 0.1) is 5.92 Å². The summed E-state index contributed by atoms with van der Waals surface area (Å²) in [5.74, 6) is 1.73. The number of hydrogen-bond acceptors (Lipinski definition) is 5. The first kappa shape index (κ1) is 21.5. The first-order chi connectivity index (χ1) is 14.5. The zero-order chi connectivity index (χ0) is 21.5. The van der Waals surface area contributed by atoms with E-state index in [2.05, 4.69) is 17.6 Å². The Balaban J connectivity index is 1.59. The molecule has 160 valence electrons. The van der Waals surface area contributed by atoms with E-state index in [-0.39, 0.29) is 18.4 Å². The van der Waals surface area contributed by atoms with Crippen LogP contribution in [-0.2, 0) is 4.79 Å². The van der Waals surface area contributed by atoms with Gasteiger partial charge < -0.3 is 25.0 Å². The molecule has 30 heavy (non-hydrogen) atoms. The molecule has 0 unspecified atom stereocenters. The van der Waals surface area contributed by atoms with Crippen molar-refractivity contribution in [1.29, 1.82) is 0 Å². The Morgan fingerprint density at radius 1 is 1.07 bits per heavy atom. The fourth-order valence-corrected chi connectivity index (χ4v) is 3.46. The lowest BCUT2D eigenvalue weighted by molar-refractivity contribution is -0.114. The van der Waals surface area contributed by atoms with Crippen LogP contribution < -0.4 is 20.1 Å². The lowest BCUT2D eigenvalue weighted by Gasteiger charge is -2.30. The summed E-state index contributed by atoms with van der Waals surface area (Å²) < 4.78 is 10.5. The number of rotatable bonds is 7. The molecule has 0 spiro atoms. The molecule has 1 saturated heterocycles. The van der Waals surface area contributed by atoms with Crippen LogP contribution in [0.5, 0.6) is 11.5 Å². The molecule has 0 saturated carbocycles. The van der Waals surface area contributed by atoms with Crippen molar-refractivity contribution < 1.29 is 19.1 Å². The molecular weight excluding hydrogens is 382 g/mol. The van der Waals surface area contributed by atoms with E-state index < -0.39 is 0 Å². The molecule has 0 bridgehead atoms. The maximum absolute atomic E-state index is 12.8. The summed E-state index contributed by atoms with van der Waals surface area (Å²) in [6.07, 6.45) is 2.06. The minimum Gasteiger partial charge on any atom is -0.497 e. The summed E-state index contributed by atoms with van der Waals surface area (Å²) in [4.78, 5) is 27.1. The maximum atomic E-state index is 12.8. The largest absolute Gasteiger partial charge is 0.497 e. The summed E-state index contributed by atoms with van der Waals surface area (Å²) in [5.41, 5.74) is 1.84. The molecule has 7 nitrogen and oxygen atoms in total. The van der Waals surface area contributed by atoms with Crippen LogP contribution in [0.1, 0.15) is 30.1 Å². The first-order valence-corrected chi connectivity index (χ1v) is 10.1. The predicted octanol–water partition coefficient (Wildman–Crippen LogP) is 3.63. The van der Waals surface area contributed by atoms with Crippen LogP contribution >= 0.6 is 0 Å². The Hall–Kier alpha value is -3.22. The number of nitrogens with one attached hydrogen (secondary N) is 2. The molecule has 2 amide bonds. The van der Waals surface area contributed by atoms with E-state index >= 15 is 0 Å².